The van der Waals surface area contributed by atoms with Crippen LogP contribution in [0.25, 0.3) is 0 Å². The number of nitrogens with one attached hydrogen (secondary N) is 3. The SMILES string of the molecule is CC(C)(C)OC(=O)NCC(=O)Nc1ccc(COC(=O)N[C@@H](CCc2ccccc2)C(=O)O)cc1. The number of hydrogen-bond donors (Lipinski definition) is 4. The topological polar surface area (TPSA) is 143 Å². The van der Waals surface area contributed by atoms with Crippen molar-refractivity contribution in [3.63, 3.8) is 0 Å². The molecule has 2 rings (SSSR count). The van der Waals surface area contributed by atoms with Gasteiger partial charge in [-0.3, -0.25) is 4.79 Å². The molecule has 0 aromatic heterocycles. The van der Waals surface area contributed by atoms with Gasteiger partial charge in [0.15, 0.2) is 0 Å². The molecule has 10 nitrogen and oxygen atoms in total. The first-order valence-corrected chi connectivity index (χ1v) is 11.1. The van der Waals surface area contributed by atoms with Crippen LogP contribution in [0.4, 0.5) is 15.3 Å². The lowest BCUT2D eigenvalue weighted by molar-refractivity contribution is -0.139. The molecule has 0 saturated carbocycles. The monoisotopic (exact) mass is 485 g/mol. The van der Waals surface area contributed by atoms with Crippen molar-refractivity contribution in [2.24, 2.45) is 0 Å². The number of benzene rings is 2. The zero-order valence-corrected chi connectivity index (χ0v) is 20.0. The van der Waals surface area contributed by atoms with Crippen LogP contribution in [0.5, 0.6) is 0 Å². The van der Waals surface area contributed by atoms with E-state index >= 15 is 0 Å². The molecule has 4 N–H and O–H groups in total. The second-order valence-electron chi connectivity index (χ2n) is 8.74. The first-order valence-electron chi connectivity index (χ1n) is 11.1. The van der Waals surface area contributed by atoms with Crippen molar-refractivity contribution in [3.8, 4) is 0 Å². The molecule has 0 aliphatic rings. The number of carboxylic acids is 1. The summed E-state index contributed by atoms with van der Waals surface area (Å²) in [4.78, 5) is 47.1. The molecule has 0 unspecified atom stereocenters. The molecule has 2 aromatic carbocycles. The summed E-state index contributed by atoms with van der Waals surface area (Å²) >= 11 is 0. The Morgan fingerprint density at radius 1 is 0.914 bits per heavy atom. The van der Waals surface area contributed by atoms with Gasteiger partial charge in [0.05, 0.1) is 0 Å². The lowest BCUT2D eigenvalue weighted by Crippen LogP contribution is -2.41. The van der Waals surface area contributed by atoms with Crippen molar-refractivity contribution in [2.45, 2.75) is 51.9 Å². The Bertz CT molecular complexity index is 1000. The van der Waals surface area contributed by atoms with E-state index in [1.54, 1.807) is 45.0 Å². The average Bonchev–Trinajstić information content (AvgIpc) is 2.79. The van der Waals surface area contributed by atoms with Crippen LogP contribution in [0.3, 0.4) is 0 Å². The number of alkyl carbamates (subject to hydrolysis) is 2. The predicted molar refractivity (Wildman–Crippen MR) is 129 cm³/mol. The molecule has 188 valence electrons. The van der Waals surface area contributed by atoms with Gasteiger partial charge in [-0.25, -0.2) is 14.4 Å². The molecule has 0 aliphatic heterocycles. The summed E-state index contributed by atoms with van der Waals surface area (Å²) in [5, 5.41) is 16.7. The van der Waals surface area contributed by atoms with Gasteiger partial charge >= 0.3 is 18.2 Å². The van der Waals surface area contributed by atoms with Crippen molar-refractivity contribution < 1.29 is 33.8 Å². The first kappa shape index (κ1) is 27.2. The van der Waals surface area contributed by atoms with E-state index in [9.17, 15) is 24.3 Å². The molecular formula is C25H31N3O7. The number of rotatable bonds is 10. The molecule has 35 heavy (non-hydrogen) atoms. The van der Waals surface area contributed by atoms with E-state index in [1.165, 1.54) is 0 Å². The molecule has 2 aromatic rings. The second-order valence-corrected chi connectivity index (χ2v) is 8.74. The van der Waals surface area contributed by atoms with Gasteiger partial charge in [0, 0.05) is 5.69 Å². The Morgan fingerprint density at radius 2 is 1.57 bits per heavy atom. The van der Waals surface area contributed by atoms with Crippen molar-refractivity contribution in [3.05, 3.63) is 65.7 Å². The summed E-state index contributed by atoms with van der Waals surface area (Å²) in [6.45, 7) is 4.83. The third kappa shape index (κ3) is 11.1. The number of aryl methyl sites for hydroxylation is 1. The van der Waals surface area contributed by atoms with Gasteiger partial charge in [0.1, 0.15) is 24.8 Å². The maximum absolute atomic E-state index is 12.1. The van der Waals surface area contributed by atoms with Crippen LogP contribution in [0.15, 0.2) is 54.6 Å². The Balaban J connectivity index is 1.75. The van der Waals surface area contributed by atoms with Gasteiger partial charge in [-0.2, -0.15) is 0 Å². The summed E-state index contributed by atoms with van der Waals surface area (Å²) in [5.41, 5.74) is 1.44. The molecule has 1 atom stereocenters. The predicted octanol–water partition coefficient (Wildman–Crippen LogP) is 3.46. The minimum atomic E-state index is -1.14. The molecule has 10 heteroatoms. The molecule has 0 spiro atoms. The lowest BCUT2D eigenvalue weighted by Gasteiger charge is -2.19. The number of hydrogen-bond acceptors (Lipinski definition) is 6. The standard InChI is InChI=1S/C25H31N3O7/c1-25(2,3)35-23(32)26-15-21(29)27-19-12-9-18(10-13-19)16-34-24(33)28-20(22(30)31)14-11-17-7-5-4-6-8-17/h4-10,12-13,20H,11,14-16H2,1-3H3,(H,26,32)(H,27,29)(H,28,33)(H,30,31)/t20-/m0/s1. The molecule has 0 fully saturated rings. The Kier molecular flexibility index (Phi) is 10.1. The Labute approximate surface area is 204 Å². The Morgan fingerprint density at radius 3 is 2.17 bits per heavy atom. The van der Waals surface area contributed by atoms with E-state index in [0.717, 1.165) is 5.56 Å². The zero-order chi connectivity index (χ0) is 25.8. The molecule has 0 bridgehead atoms. The van der Waals surface area contributed by atoms with E-state index in [2.05, 4.69) is 16.0 Å². The minimum Gasteiger partial charge on any atom is -0.480 e. The van der Waals surface area contributed by atoms with Crippen molar-refractivity contribution in [1.29, 1.82) is 0 Å². The number of carbonyl (C=O) groups excluding carboxylic acids is 3. The normalized spacial score (nSPS) is 11.6. The van der Waals surface area contributed by atoms with Crippen LogP contribution in [-0.2, 0) is 32.1 Å². The quantitative estimate of drug-likeness (QED) is 0.403. The van der Waals surface area contributed by atoms with Gasteiger partial charge in [0.25, 0.3) is 0 Å². The maximum Gasteiger partial charge on any atom is 0.408 e. The third-order valence-electron chi connectivity index (χ3n) is 4.55. The van der Waals surface area contributed by atoms with Crippen molar-refractivity contribution >= 4 is 29.8 Å². The van der Waals surface area contributed by atoms with Crippen molar-refractivity contribution in [1.82, 2.24) is 10.6 Å². The van der Waals surface area contributed by atoms with Gasteiger partial charge in [-0.15, -0.1) is 0 Å². The van der Waals surface area contributed by atoms with Crippen LogP contribution in [0, 0.1) is 0 Å². The molecule has 0 saturated heterocycles. The van der Waals surface area contributed by atoms with Gasteiger partial charge < -0.3 is 30.5 Å². The lowest BCUT2D eigenvalue weighted by atomic mass is 10.1. The van der Waals surface area contributed by atoms with Gasteiger partial charge in [0.2, 0.25) is 5.91 Å². The van der Waals surface area contributed by atoms with Crippen LogP contribution in [0.1, 0.15) is 38.3 Å². The highest BCUT2D eigenvalue weighted by Crippen LogP contribution is 2.11. The molecule has 0 aliphatic carbocycles. The fourth-order valence-corrected chi connectivity index (χ4v) is 2.90. The smallest absolute Gasteiger partial charge is 0.408 e. The van der Waals surface area contributed by atoms with E-state index < -0.39 is 35.7 Å². The second kappa shape index (κ2) is 13.0. The van der Waals surface area contributed by atoms with Crippen LogP contribution in [0.2, 0.25) is 0 Å². The summed E-state index contributed by atoms with van der Waals surface area (Å²) in [5.74, 6) is -1.58. The van der Waals surface area contributed by atoms with Crippen LogP contribution < -0.4 is 16.0 Å². The highest BCUT2D eigenvalue weighted by atomic mass is 16.6. The summed E-state index contributed by atoms with van der Waals surface area (Å²) in [6, 6.07) is 14.8. The van der Waals surface area contributed by atoms with Crippen molar-refractivity contribution in [2.75, 3.05) is 11.9 Å². The zero-order valence-electron chi connectivity index (χ0n) is 20.0. The maximum atomic E-state index is 12.1. The summed E-state index contributed by atoms with van der Waals surface area (Å²) < 4.78 is 10.2. The van der Waals surface area contributed by atoms with E-state index in [1.807, 2.05) is 30.3 Å². The third-order valence-corrected chi connectivity index (χ3v) is 4.55. The largest absolute Gasteiger partial charge is 0.480 e. The molecular weight excluding hydrogens is 454 g/mol. The molecule has 3 amide bonds. The van der Waals surface area contributed by atoms with E-state index in [4.69, 9.17) is 9.47 Å². The number of carboxylic acid groups (broad SMARTS) is 1. The van der Waals surface area contributed by atoms with Gasteiger partial charge in [-0.05, 0) is 56.9 Å². The van der Waals surface area contributed by atoms with Gasteiger partial charge in [-0.1, -0.05) is 42.5 Å². The highest BCUT2D eigenvalue weighted by Gasteiger charge is 2.20. The molecule has 0 radical (unpaired) electrons. The Hall–Kier alpha value is -4.08. The fraction of sp³-hybridized carbons (Fsp3) is 0.360. The van der Waals surface area contributed by atoms with E-state index in [0.29, 0.717) is 17.7 Å². The minimum absolute atomic E-state index is 0.0781. The molecule has 0 heterocycles. The van der Waals surface area contributed by atoms with E-state index in [-0.39, 0.29) is 19.6 Å². The highest BCUT2D eigenvalue weighted by molar-refractivity contribution is 5.93. The van der Waals surface area contributed by atoms with Crippen LogP contribution in [-0.4, -0.2) is 47.4 Å². The number of amides is 3. The van der Waals surface area contributed by atoms with Crippen LogP contribution >= 0.6 is 0 Å². The first-order chi connectivity index (χ1) is 16.5. The average molecular weight is 486 g/mol. The summed E-state index contributed by atoms with van der Waals surface area (Å²) in [7, 11) is 0. The number of ether oxygens (including phenoxy) is 2. The number of aliphatic carboxylic acids is 1. The number of carbonyl (C=O) groups is 4. The fourth-order valence-electron chi connectivity index (χ4n) is 2.90. The summed E-state index contributed by atoms with van der Waals surface area (Å²) in [6.07, 6.45) is -0.802. The number of anilines is 1.